The highest BCUT2D eigenvalue weighted by Crippen LogP contribution is 2.31. The lowest BCUT2D eigenvalue weighted by Crippen LogP contribution is -2.17. The van der Waals surface area contributed by atoms with Gasteiger partial charge >= 0.3 is 0 Å². The quantitative estimate of drug-likeness (QED) is 0.921. The number of hydrogen-bond acceptors (Lipinski definition) is 3. The number of carbonyl (C=O) groups excluding carboxylic acids is 1. The summed E-state index contributed by atoms with van der Waals surface area (Å²) in [6.45, 7) is 2.91. The first-order chi connectivity index (χ1) is 10.1. The zero-order valence-electron chi connectivity index (χ0n) is 11.5. The second-order valence-electron chi connectivity index (χ2n) is 4.74. The lowest BCUT2D eigenvalue weighted by molar-refractivity contribution is 0.102. The molecular formula is C16H14ClNO3. The van der Waals surface area contributed by atoms with Gasteiger partial charge in [0.25, 0.3) is 5.91 Å². The second kappa shape index (κ2) is 5.66. The summed E-state index contributed by atoms with van der Waals surface area (Å²) in [4.78, 5) is 12.3. The molecule has 0 unspecified atom stereocenters. The second-order valence-corrected chi connectivity index (χ2v) is 5.15. The number of fused-ring (bicyclic) bond motifs is 1. The van der Waals surface area contributed by atoms with Crippen LogP contribution in [0.5, 0.6) is 11.5 Å². The van der Waals surface area contributed by atoms with Gasteiger partial charge < -0.3 is 14.8 Å². The molecule has 3 rings (SSSR count). The minimum absolute atomic E-state index is 0.233. The standard InChI is InChI=1S/C16H14ClNO3/c1-10-3-2-4-12(17)15(10)18-16(19)11-5-6-13-14(9-11)21-8-7-20-13/h2-6,9H,7-8H2,1H3,(H,18,19). The van der Waals surface area contributed by atoms with Crippen molar-refractivity contribution in [3.05, 3.63) is 52.5 Å². The molecule has 1 amide bonds. The molecule has 0 radical (unpaired) electrons. The van der Waals surface area contributed by atoms with E-state index in [9.17, 15) is 4.79 Å². The highest BCUT2D eigenvalue weighted by atomic mass is 35.5. The first-order valence-electron chi connectivity index (χ1n) is 6.61. The van der Waals surface area contributed by atoms with Crippen molar-refractivity contribution in [2.45, 2.75) is 6.92 Å². The summed E-state index contributed by atoms with van der Waals surface area (Å²) in [5.41, 5.74) is 2.03. The van der Waals surface area contributed by atoms with Crippen LogP contribution in [0.4, 0.5) is 5.69 Å². The Hall–Kier alpha value is -2.20. The molecule has 2 aromatic rings. The molecular weight excluding hydrogens is 290 g/mol. The van der Waals surface area contributed by atoms with Crippen molar-refractivity contribution < 1.29 is 14.3 Å². The molecule has 4 nitrogen and oxygen atoms in total. The lowest BCUT2D eigenvalue weighted by Gasteiger charge is -2.19. The van der Waals surface area contributed by atoms with Crippen molar-refractivity contribution in [1.82, 2.24) is 0 Å². The Morgan fingerprint density at radius 3 is 2.67 bits per heavy atom. The molecule has 21 heavy (non-hydrogen) atoms. The summed E-state index contributed by atoms with van der Waals surface area (Å²) in [6, 6.07) is 10.6. The third-order valence-corrected chi connectivity index (χ3v) is 3.58. The molecule has 108 valence electrons. The van der Waals surface area contributed by atoms with E-state index in [1.165, 1.54) is 0 Å². The number of rotatable bonds is 2. The maximum Gasteiger partial charge on any atom is 0.255 e. The van der Waals surface area contributed by atoms with E-state index >= 15 is 0 Å². The number of hydrogen-bond donors (Lipinski definition) is 1. The topological polar surface area (TPSA) is 47.6 Å². The number of ether oxygens (including phenoxy) is 2. The van der Waals surface area contributed by atoms with Crippen LogP contribution in [0.25, 0.3) is 0 Å². The van der Waals surface area contributed by atoms with E-state index < -0.39 is 0 Å². The maximum absolute atomic E-state index is 12.3. The van der Waals surface area contributed by atoms with Crippen LogP contribution in [0.3, 0.4) is 0 Å². The number of halogens is 1. The molecule has 1 heterocycles. The Kier molecular flexibility index (Phi) is 3.71. The Morgan fingerprint density at radius 2 is 1.90 bits per heavy atom. The molecule has 0 bridgehead atoms. The average molecular weight is 304 g/mol. The minimum Gasteiger partial charge on any atom is -0.486 e. The number of nitrogens with one attached hydrogen (secondary N) is 1. The molecule has 0 spiro atoms. The van der Waals surface area contributed by atoms with Crippen molar-refractivity contribution in [2.24, 2.45) is 0 Å². The lowest BCUT2D eigenvalue weighted by atomic mass is 10.1. The van der Waals surface area contributed by atoms with Gasteiger partial charge in [-0.05, 0) is 36.8 Å². The van der Waals surface area contributed by atoms with Crippen molar-refractivity contribution in [3.63, 3.8) is 0 Å². The fourth-order valence-corrected chi connectivity index (χ4v) is 2.43. The van der Waals surface area contributed by atoms with E-state index in [1.807, 2.05) is 19.1 Å². The van der Waals surface area contributed by atoms with Gasteiger partial charge in [0.2, 0.25) is 0 Å². The molecule has 0 aliphatic carbocycles. The summed E-state index contributed by atoms with van der Waals surface area (Å²) < 4.78 is 10.9. The summed E-state index contributed by atoms with van der Waals surface area (Å²) in [6.07, 6.45) is 0. The molecule has 0 aromatic heterocycles. The van der Waals surface area contributed by atoms with Crippen molar-refractivity contribution in [1.29, 1.82) is 0 Å². The van der Waals surface area contributed by atoms with Crippen molar-refractivity contribution in [2.75, 3.05) is 18.5 Å². The SMILES string of the molecule is Cc1cccc(Cl)c1NC(=O)c1ccc2c(c1)OCCO2. The summed E-state index contributed by atoms with van der Waals surface area (Å²) in [5, 5.41) is 3.35. The highest BCUT2D eigenvalue weighted by molar-refractivity contribution is 6.34. The monoisotopic (exact) mass is 303 g/mol. The first kappa shape index (κ1) is 13.8. The third-order valence-electron chi connectivity index (χ3n) is 3.26. The molecule has 0 saturated carbocycles. The number of benzene rings is 2. The van der Waals surface area contributed by atoms with Gasteiger partial charge in [0, 0.05) is 5.56 Å². The zero-order valence-corrected chi connectivity index (χ0v) is 12.2. The van der Waals surface area contributed by atoms with Crippen LogP contribution in [-0.4, -0.2) is 19.1 Å². The predicted octanol–water partition coefficient (Wildman–Crippen LogP) is 3.67. The predicted molar refractivity (Wildman–Crippen MR) is 81.6 cm³/mol. The average Bonchev–Trinajstić information content (AvgIpc) is 2.50. The van der Waals surface area contributed by atoms with E-state index in [0.29, 0.717) is 41.0 Å². The number of para-hydroxylation sites is 1. The first-order valence-corrected chi connectivity index (χ1v) is 6.99. The molecule has 5 heteroatoms. The third kappa shape index (κ3) is 2.81. The minimum atomic E-state index is -0.233. The van der Waals surface area contributed by atoms with Gasteiger partial charge in [-0.3, -0.25) is 4.79 Å². The van der Waals surface area contributed by atoms with E-state index in [1.54, 1.807) is 24.3 Å². The molecule has 1 aliphatic rings. The van der Waals surface area contributed by atoms with Gasteiger partial charge in [0.1, 0.15) is 13.2 Å². The van der Waals surface area contributed by atoms with E-state index in [-0.39, 0.29) is 5.91 Å². The van der Waals surface area contributed by atoms with Crippen LogP contribution < -0.4 is 14.8 Å². The van der Waals surface area contributed by atoms with Crippen LogP contribution in [0, 0.1) is 6.92 Å². The van der Waals surface area contributed by atoms with Gasteiger partial charge in [-0.25, -0.2) is 0 Å². The Balaban J connectivity index is 1.86. The van der Waals surface area contributed by atoms with Crippen LogP contribution in [0.2, 0.25) is 5.02 Å². The molecule has 0 atom stereocenters. The van der Waals surface area contributed by atoms with Crippen LogP contribution in [0.15, 0.2) is 36.4 Å². The molecule has 1 aliphatic heterocycles. The summed E-state index contributed by atoms with van der Waals surface area (Å²) in [5.74, 6) is 1.01. The molecule has 1 N–H and O–H groups in total. The summed E-state index contributed by atoms with van der Waals surface area (Å²) in [7, 11) is 0. The van der Waals surface area contributed by atoms with Crippen molar-refractivity contribution >= 4 is 23.2 Å². The maximum atomic E-state index is 12.3. The van der Waals surface area contributed by atoms with Crippen molar-refractivity contribution in [3.8, 4) is 11.5 Å². The number of carbonyl (C=O) groups is 1. The molecule has 0 fully saturated rings. The highest BCUT2D eigenvalue weighted by Gasteiger charge is 2.16. The van der Waals surface area contributed by atoms with Crippen LogP contribution >= 0.6 is 11.6 Å². The smallest absolute Gasteiger partial charge is 0.255 e. The van der Waals surface area contributed by atoms with Gasteiger partial charge in [0.15, 0.2) is 11.5 Å². The fourth-order valence-electron chi connectivity index (χ4n) is 2.16. The van der Waals surface area contributed by atoms with Gasteiger partial charge in [-0.1, -0.05) is 23.7 Å². The van der Waals surface area contributed by atoms with E-state index in [0.717, 1.165) is 5.56 Å². The van der Waals surface area contributed by atoms with E-state index in [2.05, 4.69) is 5.32 Å². The Morgan fingerprint density at radius 1 is 1.14 bits per heavy atom. The Bertz CT molecular complexity index is 680. The fraction of sp³-hybridized carbons (Fsp3) is 0.188. The van der Waals surface area contributed by atoms with Crippen LogP contribution in [0.1, 0.15) is 15.9 Å². The molecule has 0 saturated heterocycles. The van der Waals surface area contributed by atoms with E-state index in [4.69, 9.17) is 21.1 Å². The normalized spacial score (nSPS) is 12.9. The summed E-state index contributed by atoms with van der Waals surface area (Å²) >= 11 is 6.12. The number of amides is 1. The van der Waals surface area contributed by atoms with Gasteiger partial charge in [-0.15, -0.1) is 0 Å². The number of anilines is 1. The largest absolute Gasteiger partial charge is 0.486 e. The van der Waals surface area contributed by atoms with Crippen LogP contribution in [-0.2, 0) is 0 Å². The van der Waals surface area contributed by atoms with Gasteiger partial charge in [-0.2, -0.15) is 0 Å². The number of aryl methyl sites for hydroxylation is 1. The zero-order chi connectivity index (χ0) is 14.8. The Labute approximate surface area is 127 Å². The molecule has 2 aromatic carbocycles. The van der Waals surface area contributed by atoms with Gasteiger partial charge in [0.05, 0.1) is 10.7 Å².